The zero-order valence-electron chi connectivity index (χ0n) is 14.5. The van der Waals surface area contributed by atoms with E-state index in [1.54, 1.807) is 0 Å². The Morgan fingerprint density at radius 3 is 2.42 bits per heavy atom. The van der Waals surface area contributed by atoms with Gasteiger partial charge in [0.1, 0.15) is 0 Å². The first kappa shape index (κ1) is 17.2. The Hall–Kier alpha value is -1.59. The van der Waals surface area contributed by atoms with E-state index >= 15 is 0 Å². The minimum Gasteiger partial charge on any atom is -0.369 e. The third-order valence-electron chi connectivity index (χ3n) is 5.38. The molecule has 0 unspecified atom stereocenters. The predicted octanol–water partition coefficient (Wildman–Crippen LogP) is 1.59. The van der Waals surface area contributed by atoms with Gasteiger partial charge < -0.3 is 16.0 Å². The van der Waals surface area contributed by atoms with Crippen molar-refractivity contribution in [3.63, 3.8) is 0 Å². The predicted molar refractivity (Wildman–Crippen MR) is 98.1 cm³/mol. The molecule has 24 heavy (non-hydrogen) atoms. The molecule has 2 aliphatic rings. The zero-order chi connectivity index (χ0) is 16.8. The van der Waals surface area contributed by atoms with E-state index in [0.717, 1.165) is 71.4 Å². The Kier molecular flexibility index (Phi) is 5.74. The maximum atomic E-state index is 12.2. The van der Waals surface area contributed by atoms with E-state index in [2.05, 4.69) is 45.4 Å². The molecule has 5 heteroatoms. The number of rotatable bonds is 6. The van der Waals surface area contributed by atoms with Crippen LogP contribution in [0.1, 0.15) is 32.1 Å². The van der Waals surface area contributed by atoms with Gasteiger partial charge in [-0.25, -0.2) is 0 Å². The molecular weight excluding hydrogens is 300 g/mol. The number of carbonyl (C=O) groups excluding carboxylic acids is 1. The van der Waals surface area contributed by atoms with Crippen molar-refractivity contribution < 1.29 is 4.79 Å². The fraction of sp³-hybridized carbons (Fsp3) is 0.632. The lowest BCUT2D eigenvalue weighted by Gasteiger charge is -2.36. The van der Waals surface area contributed by atoms with E-state index in [0.29, 0.717) is 0 Å². The van der Waals surface area contributed by atoms with Crippen LogP contribution in [0.3, 0.4) is 0 Å². The monoisotopic (exact) mass is 330 g/mol. The van der Waals surface area contributed by atoms with Crippen molar-refractivity contribution in [3.05, 3.63) is 30.3 Å². The fourth-order valence-electron chi connectivity index (χ4n) is 3.78. The van der Waals surface area contributed by atoms with Gasteiger partial charge in [0.25, 0.3) is 0 Å². The van der Waals surface area contributed by atoms with Gasteiger partial charge in [-0.05, 0) is 37.9 Å². The first-order valence-electron chi connectivity index (χ1n) is 9.27. The van der Waals surface area contributed by atoms with Crippen LogP contribution in [0.4, 0.5) is 5.69 Å². The van der Waals surface area contributed by atoms with E-state index in [4.69, 9.17) is 5.73 Å². The summed E-state index contributed by atoms with van der Waals surface area (Å²) in [6.07, 6.45) is 4.82. The molecule has 1 saturated heterocycles. The van der Waals surface area contributed by atoms with E-state index in [9.17, 15) is 4.79 Å². The standard InChI is InChI=1S/C19H30N4O/c20-19(9-4-5-10-19)18(24)21-11-6-12-22-13-15-23(16-14-22)17-7-2-1-3-8-17/h1-3,7-8H,4-6,9-16,20H2,(H,21,24). The number of nitrogens with one attached hydrogen (secondary N) is 1. The summed E-state index contributed by atoms with van der Waals surface area (Å²) in [7, 11) is 0. The van der Waals surface area contributed by atoms with Crippen molar-refractivity contribution in [2.45, 2.75) is 37.6 Å². The third-order valence-corrected chi connectivity index (χ3v) is 5.38. The maximum Gasteiger partial charge on any atom is 0.240 e. The largest absolute Gasteiger partial charge is 0.369 e. The molecular formula is C19H30N4O. The highest BCUT2D eigenvalue weighted by molar-refractivity contribution is 5.86. The molecule has 0 spiro atoms. The Balaban J connectivity index is 1.32. The lowest BCUT2D eigenvalue weighted by Crippen LogP contribution is -2.52. The van der Waals surface area contributed by atoms with Gasteiger partial charge in [-0.3, -0.25) is 9.69 Å². The van der Waals surface area contributed by atoms with Crippen molar-refractivity contribution in [3.8, 4) is 0 Å². The number of nitrogens with two attached hydrogens (primary N) is 1. The average molecular weight is 330 g/mol. The van der Waals surface area contributed by atoms with Crippen LogP contribution in [-0.2, 0) is 4.79 Å². The van der Waals surface area contributed by atoms with E-state index in [-0.39, 0.29) is 5.91 Å². The molecule has 0 radical (unpaired) electrons. The third kappa shape index (κ3) is 4.28. The number of hydrogen-bond donors (Lipinski definition) is 2. The summed E-state index contributed by atoms with van der Waals surface area (Å²) in [4.78, 5) is 17.1. The molecule has 1 aromatic carbocycles. The van der Waals surface area contributed by atoms with Gasteiger partial charge in [-0.1, -0.05) is 31.0 Å². The van der Waals surface area contributed by atoms with Gasteiger partial charge in [0.15, 0.2) is 0 Å². The first-order valence-corrected chi connectivity index (χ1v) is 9.27. The second-order valence-electron chi connectivity index (χ2n) is 7.14. The van der Waals surface area contributed by atoms with E-state index < -0.39 is 5.54 Å². The van der Waals surface area contributed by atoms with Crippen molar-refractivity contribution >= 4 is 11.6 Å². The Morgan fingerprint density at radius 1 is 1.08 bits per heavy atom. The smallest absolute Gasteiger partial charge is 0.240 e. The van der Waals surface area contributed by atoms with Gasteiger partial charge >= 0.3 is 0 Å². The van der Waals surface area contributed by atoms with Crippen LogP contribution in [0.25, 0.3) is 0 Å². The Bertz CT molecular complexity index is 519. The number of anilines is 1. The molecule has 1 aromatic rings. The number of benzene rings is 1. The van der Waals surface area contributed by atoms with Gasteiger partial charge in [0.2, 0.25) is 5.91 Å². The lowest BCUT2D eigenvalue weighted by molar-refractivity contribution is -0.126. The number of amides is 1. The van der Waals surface area contributed by atoms with Gasteiger partial charge in [-0.2, -0.15) is 0 Å². The molecule has 0 aromatic heterocycles. The molecule has 1 aliphatic heterocycles. The number of nitrogens with zero attached hydrogens (tertiary/aromatic N) is 2. The highest BCUT2D eigenvalue weighted by Gasteiger charge is 2.36. The topological polar surface area (TPSA) is 61.6 Å². The van der Waals surface area contributed by atoms with Gasteiger partial charge in [-0.15, -0.1) is 0 Å². The summed E-state index contributed by atoms with van der Waals surface area (Å²) in [6.45, 7) is 6.09. The molecule has 1 amide bonds. The summed E-state index contributed by atoms with van der Waals surface area (Å²) in [5.74, 6) is 0.0499. The maximum absolute atomic E-state index is 12.2. The summed E-state index contributed by atoms with van der Waals surface area (Å²) in [6, 6.07) is 10.6. The van der Waals surface area contributed by atoms with Crippen LogP contribution in [-0.4, -0.2) is 55.6 Å². The summed E-state index contributed by atoms with van der Waals surface area (Å²) >= 11 is 0. The molecule has 1 aliphatic carbocycles. The number of carbonyl (C=O) groups is 1. The average Bonchev–Trinajstić information content (AvgIpc) is 3.08. The van der Waals surface area contributed by atoms with Crippen molar-refractivity contribution in [1.82, 2.24) is 10.2 Å². The summed E-state index contributed by atoms with van der Waals surface area (Å²) < 4.78 is 0. The van der Waals surface area contributed by atoms with Crippen LogP contribution in [0.2, 0.25) is 0 Å². The molecule has 1 heterocycles. The second kappa shape index (κ2) is 7.99. The SMILES string of the molecule is NC1(C(=O)NCCCN2CCN(c3ccccc3)CC2)CCCC1. The lowest BCUT2D eigenvalue weighted by atomic mass is 9.98. The highest BCUT2D eigenvalue weighted by atomic mass is 16.2. The second-order valence-corrected chi connectivity index (χ2v) is 7.14. The molecule has 3 rings (SSSR count). The molecule has 0 atom stereocenters. The quantitative estimate of drug-likeness (QED) is 0.778. The van der Waals surface area contributed by atoms with Crippen LogP contribution in [0.5, 0.6) is 0 Å². The van der Waals surface area contributed by atoms with Crippen LogP contribution < -0.4 is 16.0 Å². The molecule has 1 saturated carbocycles. The van der Waals surface area contributed by atoms with Gasteiger partial charge in [0, 0.05) is 38.4 Å². The molecule has 5 nitrogen and oxygen atoms in total. The molecule has 132 valence electrons. The molecule has 2 fully saturated rings. The van der Waals surface area contributed by atoms with Crippen LogP contribution >= 0.6 is 0 Å². The summed E-state index contributed by atoms with van der Waals surface area (Å²) in [5.41, 5.74) is 6.89. The van der Waals surface area contributed by atoms with Crippen molar-refractivity contribution in [1.29, 1.82) is 0 Å². The number of piperazine rings is 1. The van der Waals surface area contributed by atoms with Crippen LogP contribution in [0.15, 0.2) is 30.3 Å². The highest BCUT2D eigenvalue weighted by Crippen LogP contribution is 2.27. The van der Waals surface area contributed by atoms with E-state index in [1.165, 1.54) is 5.69 Å². The fourth-order valence-corrected chi connectivity index (χ4v) is 3.78. The molecule has 3 N–H and O–H groups in total. The minimum atomic E-state index is -0.596. The first-order chi connectivity index (χ1) is 11.7. The Labute approximate surface area is 145 Å². The zero-order valence-corrected chi connectivity index (χ0v) is 14.5. The number of hydrogen-bond acceptors (Lipinski definition) is 4. The van der Waals surface area contributed by atoms with Crippen LogP contribution in [0, 0.1) is 0 Å². The Morgan fingerprint density at radius 2 is 1.75 bits per heavy atom. The number of para-hydroxylation sites is 1. The minimum absolute atomic E-state index is 0.0499. The van der Waals surface area contributed by atoms with Gasteiger partial charge in [0.05, 0.1) is 5.54 Å². The van der Waals surface area contributed by atoms with Crippen molar-refractivity contribution in [2.75, 3.05) is 44.2 Å². The molecule has 0 bridgehead atoms. The summed E-state index contributed by atoms with van der Waals surface area (Å²) in [5, 5.41) is 3.04. The normalized spacial score (nSPS) is 21.0. The van der Waals surface area contributed by atoms with E-state index in [1.807, 2.05) is 0 Å². The van der Waals surface area contributed by atoms with Crippen molar-refractivity contribution in [2.24, 2.45) is 5.73 Å².